The zero-order valence-corrected chi connectivity index (χ0v) is 18.0. The molecular formula is C22H19F3N2O5S. The number of para-hydroxylation sites is 2. The summed E-state index contributed by atoms with van der Waals surface area (Å²) < 4.78 is 75.8. The van der Waals surface area contributed by atoms with E-state index in [0.29, 0.717) is 29.0 Å². The Morgan fingerprint density at radius 3 is 2.24 bits per heavy atom. The van der Waals surface area contributed by atoms with E-state index in [1.54, 1.807) is 48.5 Å². The van der Waals surface area contributed by atoms with Crippen LogP contribution >= 0.6 is 0 Å². The van der Waals surface area contributed by atoms with Gasteiger partial charge in [-0.15, -0.1) is 0 Å². The van der Waals surface area contributed by atoms with Gasteiger partial charge in [0.2, 0.25) is 15.9 Å². The second-order valence-electron chi connectivity index (χ2n) is 6.68. The van der Waals surface area contributed by atoms with Crippen molar-refractivity contribution in [3.63, 3.8) is 0 Å². The summed E-state index contributed by atoms with van der Waals surface area (Å²) in [7, 11) is -2.81. The number of rotatable bonds is 8. The summed E-state index contributed by atoms with van der Waals surface area (Å²) in [5.74, 6) is 0.815. The number of carbonyl (C=O) groups excluding carboxylic acids is 1. The van der Waals surface area contributed by atoms with Crippen molar-refractivity contribution in [1.29, 1.82) is 0 Å². The molecule has 0 bridgehead atoms. The maximum Gasteiger partial charge on any atom is 0.416 e. The first-order valence-electron chi connectivity index (χ1n) is 9.46. The molecule has 0 radical (unpaired) electrons. The van der Waals surface area contributed by atoms with E-state index < -0.39 is 39.1 Å². The van der Waals surface area contributed by atoms with Crippen molar-refractivity contribution >= 4 is 21.6 Å². The van der Waals surface area contributed by atoms with Gasteiger partial charge in [-0.3, -0.25) is 4.79 Å². The summed E-state index contributed by atoms with van der Waals surface area (Å²) in [5, 5.41) is 2.49. The zero-order chi connectivity index (χ0) is 24.1. The van der Waals surface area contributed by atoms with Crippen LogP contribution in [-0.4, -0.2) is 28.0 Å². The molecule has 3 rings (SSSR count). The summed E-state index contributed by atoms with van der Waals surface area (Å²) in [6.07, 6.45) is -4.69. The number of benzene rings is 3. The molecule has 0 saturated carbocycles. The van der Waals surface area contributed by atoms with E-state index in [1.807, 2.05) is 4.72 Å². The highest BCUT2D eigenvalue weighted by Crippen LogP contribution is 2.32. The Balaban J connectivity index is 1.58. The fraction of sp³-hybridized carbons (Fsp3) is 0.136. The van der Waals surface area contributed by atoms with Crippen LogP contribution < -0.4 is 19.5 Å². The van der Waals surface area contributed by atoms with Gasteiger partial charge in [-0.1, -0.05) is 18.2 Å². The third kappa shape index (κ3) is 6.46. The molecule has 174 valence electrons. The van der Waals surface area contributed by atoms with Crippen molar-refractivity contribution in [1.82, 2.24) is 4.72 Å². The Labute approximate surface area is 188 Å². The van der Waals surface area contributed by atoms with E-state index >= 15 is 0 Å². The number of alkyl halides is 3. The molecule has 0 aromatic heterocycles. The number of hydrogen-bond acceptors (Lipinski definition) is 5. The number of halogens is 3. The number of ether oxygens (including phenoxy) is 2. The third-order valence-corrected chi connectivity index (χ3v) is 5.73. The van der Waals surface area contributed by atoms with Crippen molar-refractivity contribution < 1.29 is 35.9 Å². The van der Waals surface area contributed by atoms with Gasteiger partial charge in [-0.2, -0.15) is 13.2 Å². The third-order valence-electron chi connectivity index (χ3n) is 4.33. The number of methoxy groups -OCH3 is 1. The quantitative estimate of drug-likeness (QED) is 0.498. The summed E-state index contributed by atoms with van der Waals surface area (Å²) in [5.41, 5.74) is -0.740. The van der Waals surface area contributed by atoms with Crippen molar-refractivity contribution in [2.24, 2.45) is 0 Å². The van der Waals surface area contributed by atoms with Gasteiger partial charge >= 0.3 is 6.18 Å². The van der Waals surface area contributed by atoms with Gasteiger partial charge in [0.15, 0.2) is 11.5 Å². The molecule has 0 aliphatic rings. The molecule has 2 N–H and O–H groups in total. The van der Waals surface area contributed by atoms with Gasteiger partial charge in [0, 0.05) is 5.69 Å². The lowest BCUT2D eigenvalue weighted by molar-refractivity contribution is -0.137. The van der Waals surface area contributed by atoms with Crippen molar-refractivity contribution in [3.05, 3.63) is 78.4 Å². The predicted molar refractivity (Wildman–Crippen MR) is 115 cm³/mol. The number of sulfonamides is 1. The average molecular weight is 480 g/mol. The minimum absolute atomic E-state index is 0.366. The first kappa shape index (κ1) is 24.1. The van der Waals surface area contributed by atoms with E-state index in [4.69, 9.17) is 9.47 Å². The Morgan fingerprint density at radius 2 is 1.61 bits per heavy atom. The minimum atomic E-state index is -4.69. The number of anilines is 1. The van der Waals surface area contributed by atoms with E-state index in [2.05, 4.69) is 5.32 Å². The van der Waals surface area contributed by atoms with Crippen LogP contribution in [0.25, 0.3) is 0 Å². The van der Waals surface area contributed by atoms with Gasteiger partial charge < -0.3 is 14.8 Å². The van der Waals surface area contributed by atoms with E-state index in [-0.39, 0.29) is 0 Å². The molecule has 0 atom stereocenters. The summed E-state index contributed by atoms with van der Waals surface area (Å²) in [6.45, 7) is -0.669. The molecule has 0 aliphatic heterocycles. The van der Waals surface area contributed by atoms with Crippen LogP contribution in [0.3, 0.4) is 0 Å². The van der Waals surface area contributed by atoms with Crippen LogP contribution in [0.2, 0.25) is 0 Å². The number of carbonyl (C=O) groups is 1. The molecule has 11 heteroatoms. The topological polar surface area (TPSA) is 93.7 Å². The summed E-state index contributed by atoms with van der Waals surface area (Å²) in [4.78, 5) is 11.5. The first-order chi connectivity index (χ1) is 15.6. The molecule has 0 heterocycles. The van der Waals surface area contributed by atoms with Crippen LogP contribution in [0.5, 0.6) is 17.2 Å². The van der Waals surface area contributed by atoms with Crippen LogP contribution in [0.1, 0.15) is 5.56 Å². The molecule has 0 spiro atoms. The molecule has 0 saturated heterocycles. The van der Waals surface area contributed by atoms with Crippen molar-refractivity contribution in [2.75, 3.05) is 19.0 Å². The van der Waals surface area contributed by atoms with Crippen LogP contribution in [0.4, 0.5) is 18.9 Å². The molecule has 7 nitrogen and oxygen atoms in total. The van der Waals surface area contributed by atoms with Gasteiger partial charge in [-0.05, 0) is 54.6 Å². The highest BCUT2D eigenvalue weighted by molar-refractivity contribution is 7.89. The minimum Gasteiger partial charge on any atom is -0.493 e. The number of nitrogens with one attached hydrogen (secondary N) is 2. The predicted octanol–water partition coefficient (Wildman–Crippen LogP) is 4.42. The van der Waals surface area contributed by atoms with E-state index in [1.165, 1.54) is 7.11 Å². The monoisotopic (exact) mass is 480 g/mol. The van der Waals surface area contributed by atoms with Crippen LogP contribution in [0, 0.1) is 0 Å². The molecule has 3 aromatic rings. The van der Waals surface area contributed by atoms with E-state index in [9.17, 15) is 26.4 Å². The Bertz CT molecular complexity index is 1230. The Kier molecular flexibility index (Phi) is 7.24. The molecule has 3 aromatic carbocycles. The van der Waals surface area contributed by atoms with Gasteiger partial charge in [0.05, 0.1) is 24.1 Å². The van der Waals surface area contributed by atoms with Gasteiger partial charge in [0.25, 0.3) is 0 Å². The van der Waals surface area contributed by atoms with Crippen LogP contribution in [0.15, 0.2) is 77.7 Å². The standard InChI is InChI=1S/C22H19F3N2O5S/c1-31-19-7-2-3-8-20(19)32-17-11-9-16(10-12-17)27-21(28)14-26-33(29,30)18-6-4-5-15(13-18)22(23,24)25/h2-13,26H,14H2,1H3,(H,27,28). The normalized spacial score (nSPS) is 11.6. The fourth-order valence-electron chi connectivity index (χ4n) is 2.73. The lowest BCUT2D eigenvalue weighted by Gasteiger charge is -2.12. The zero-order valence-electron chi connectivity index (χ0n) is 17.2. The number of amides is 1. The average Bonchev–Trinajstić information content (AvgIpc) is 2.79. The summed E-state index contributed by atoms with van der Waals surface area (Å²) in [6, 6.07) is 16.6. The highest BCUT2D eigenvalue weighted by atomic mass is 32.2. The second-order valence-corrected chi connectivity index (χ2v) is 8.44. The molecule has 33 heavy (non-hydrogen) atoms. The largest absolute Gasteiger partial charge is 0.493 e. The lowest BCUT2D eigenvalue weighted by Crippen LogP contribution is -2.33. The lowest BCUT2D eigenvalue weighted by atomic mass is 10.2. The SMILES string of the molecule is COc1ccccc1Oc1ccc(NC(=O)CNS(=O)(=O)c2cccc(C(F)(F)F)c2)cc1. The molecular weight excluding hydrogens is 461 g/mol. The van der Waals surface area contributed by atoms with Gasteiger partial charge in [-0.25, -0.2) is 13.1 Å². The highest BCUT2D eigenvalue weighted by Gasteiger charge is 2.31. The fourth-order valence-corrected chi connectivity index (χ4v) is 3.75. The summed E-state index contributed by atoms with van der Waals surface area (Å²) >= 11 is 0. The maximum atomic E-state index is 12.8. The van der Waals surface area contributed by atoms with E-state index in [0.717, 1.165) is 18.2 Å². The Hall–Kier alpha value is -3.57. The molecule has 0 fully saturated rings. The van der Waals surface area contributed by atoms with Crippen molar-refractivity contribution in [3.8, 4) is 17.2 Å². The Morgan fingerprint density at radius 1 is 0.939 bits per heavy atom. The van der Waals surface area contributed by atoms with Crippen molar-refractivity contribution in [2.45, 2.75) is 11.1 Å². The second kappa shape index (κ2) is 9.92. The molecule has 0 aliphatic carbocycles. The molecule has 0 unspecified atom stereocenters. The van der Waals surface area contributed by atoms with Crippen LogP contribution in [-0.2, 0) is 21.0 Å². The maximum absolute atomic E-state index is 12.8. The van der Waals surface area contributed by atoms with Gasteiger partial charge in [0.1, 0.15) is 5.75 Å². The molecule has 1 amide bonds. The number of hydrogen-bond donors (Lipinski definition) is 2. The smallest absolute Gasteiger partial charge is 0.416 e. The first-order valence-corrected chi connectivity index (χ1v) is 10.9.